The Labute approximate surface area is 163 Å². The molecule has 0 aliphatic heterocycles. The van der Waals surface area contributed by atoms with E-state index in [1.54, 1.807) is 13.8 Å². The molecule has 2 aliphatic rings. The molecular formula is C22H34O5. The summed E-state index contributed by atoms with van der Waals surface area (Å²) >= 11 is 0. The molecule has 6 atom stereocenters. The number of ether oxygens (including phenoxy) is 3. The van der Waals surface area contributed by atoms with Crippen LogP contribution in [0, 0.1) is 11.8 Å². The van der Waals surface area contributed by atoms with Gasteiger partial charge in [-0.25, -0.2) is 9.59 Å². The maximum absolute atomic E-state index is 11.7. The third-order valence-electron chi connectivity index (χ3n) is 5.68. The summed E-state index contributed by atoms with van der Waals surface area (Å²) in [6.07, 6.45) is 5.38. The minimum atomic E-state index is -0.303. The molecule has 5 nitrogen and oxygen atoms in total. The van der Waals surface area contributed by atoms with E-state index in [1.165, 1.54) is 0 Å². The lowest BCUT2D eigenvalue weighted by Gasteiger charge is -2.40. The molecule has 0 amide bonds. The van der Waals surface area contributed by atoms with Gasteiger partial charge in [0, 0.05) is 11.1 Å². The highest BCUT2D eigenvalue weighted by Crippen LogP contribution is 2.35. The minimum Gasteiger partial charge on any atom is -0.459 e. The Bertz CT molecular complexity index is 531. The van der Waals surface area contributed by atoms with Gasteiger partial charge in [-0.15, -0.1) is 0 Å². The van der Waals surface area contributed by atoms with Crippen molar-refractivity contribution in [2.45, 2.75) is 90.6 Å². The first-order valence-electron chi connectivity index (χ1n) is 10.1. The summed E-state index contributed by atoms with van der Waals surface area (Å²) in [7, 11) is 0. The van der Waals surface area contributed by atoms with E-state index >= 15 is 0 Å². The molecule has 0 N–H and O–H groups in total. The normalized spacial score (nSPS) is 33.8. The van der Waals surface area contributed by atoms with Crippen LogP contribution in [0.5, 0.6) is 0 Å². The molecule has 0 saturated heterocycles. The Balaban J connectivity index is 1.79. The zero-order chi connectivity index (χ0) is 20.1. The lowest BCUT2D eigenvalue weighted by Crippen LogP contribution is -2.41. The summed E-state index contributed by atoms with van der Waals surface area (Å²) in [5.41, 5.74) is 0.887. The molecule has 152 valence electrons. The fraction of sp³-hybridized carbons (Fsp3) is 0.727. The predicted molar refractivity (Wildman–Crippen MR) is 104 cm³/mol. The van der Waals surface area contributed by atoms with Crippen molar-refractivity contribution in [1.29, 1.82) is 0 Å². The van der Waals surface area contributed by atoms with Crippen LogP contribution in [0.4, 0.5) is 0 Å². The molecule has 0 aromatic rings. The zero-order valence-electron chi connectivity index (χ0n) is 17.2. The summed E-state index contributed by atoms with van der Waals surface area (Å²) in [4.78, 5) is 23.4. The average molecular weight is 379 g/mol. The van der Waals surface area contributed by atoms with Crippen LogP contribution < -0.4 is 0 Å². The molecule has 2 fully saturated rings. The van der Waals surface area contributed by atoms with Crippen molar-refractivity contribution in [1.82, 2.24) is 0 Å². The summed E-state index contributed by atoms with van der Waals surface area (Å²) in [6.45, 7) is 14.9. The van der Waals surface area contributed by atoms with E-state index in [-0.39, 0.29) is 36.4 Å². The summed E-state index contributed by atoms with van der Waals surface area (Å²) in [5, 5.41) is 0. The molecule has 0 aromatic heterocycles. The third-order valence-corrected chi connectivity index (χ3v) is 5.68. The van der Waals surface area contributed by atoms with Crippen molar-refractivity contribution in [3.05, 3.63) is 24.3 Å². The minimum absolute atomic E-state index is 0.0428. The maximum atomic E-state index is 11.7. The Morgan fingerprint density at radius 1 is 0.741 bits per heavy atom. The lowest BCUT2D eigenvalue weighted by molar-refractivity contribution is -0.157. The molecule has 2 aliphatic carbocycles. The second-order valence-corrected chi connectivity index (χ2v) is 8.41. The molecule has 2 rings (SSSR count). The summed E-state index contributed by atoms with van der Waals surface area (Å²) in [5.74, 6) is 0.0753. The first kappa shape index (κ1) is 21.7. The average Bonchev–Trinajstić information content (AvgIpc) is 2.59. The number of rotatable bonds is 6. The van der Waals surface area contributed by atoms with Crippen LogP contribution in [-0.2, 0) is 23.8 Å². The fourth-order valence-corrected chi connectivity index (χ4v) is 3.98. The highest BCUT2D eigenvalue weighted by molar-refractivity contribution is 5.87. The van der Waals surface area contributed by atoms with Crippen molar-refractivity contribution in [2.75, 3.05) is 0 Å². The SMILES string of the molecule is C=C(C)C(=O)OC1CCC(OC2CCC(OC(=O)C(=C)C)CC2C)C(C)C1. The summed E-state index contributed by atoms with van der Waals surface area (Å²) in [6, 6.07) is 0. The van der Waals surface area contributed by atoms with Crippen LogP contribution in [-0.4, -0.2) is 36.4 Å². The molecule has 0 aromatic carbocycles. The van der Waals surface area contributed by atoms with E-state index in [4.69, 9.17) is 14.2 Å². The Hall–Kier alpha value is -1.62. The van der Waals surface area contributed by atoms with Crippen molar-refractivity contribution >= 4 is 11.9 Å². The molecule has 2 saturated carbocycles. The van der Waals surface area contributed by atoms with Crippen LogP contribution in [0.25, 0.3) is 0 Å². The summed E-state index contributed by atoms with van der Waals surface area (Å²) < 4.78 is 17.4. The predicted octanol–water partition coefficient (Wildman–Crippen LogP) is 4.36. The van der Waals surface area contributed by atoms with Crippen molar-refractivity contribution in [3.63, 3.8) is 0 Å². The number of carbonyl (C=O) groups is 2. The molecule has 27 heavy (non-hydrogen) atoms. The third kappa shape index (κ3) is 6.20. The largest absolute Gasteiger partial charge is 0.459 e. The van der Waals surface area contributed by atoms with E-state index in [0.29, 0.717) is 23.0 Å². The van der Waals surface area contributed by atoms with E-state index in [0.717, 1.165) is 38.5 Å². The number of hydrogen-bond donors (Lipinski definition) is 0. The van der Waals surface area contributed by atoms with Gasteiger partial charge in [-0.1, -0.05) is 27.0 Å². The van der Waals surface area contributed by atoms with E-state index in [2.05, 4.69) is 27.0 Å². The fourth-order valence-electron chi connectivity index (χ4n) is 3.98. The molecule has 6 unspecified atom stereocenters. The van der Waals surface area contributed by atoms with Gasteiger partial charge < -0.3 is 14.2 Å². The topological polar surface area (TPSA) is 61.8 Å². The number of carbonyl (C=O) groups excluding carboxylic acids is 2. The van der Waals surface area contributed by atoms with Crippen LogP contribution in [0.1, 0.15) is 66.2 Å². The van der Waals surface area contributed by atoms with Crippen LogP contribution >= 0.6 is 0 Å². The van der Waals surface area contributed by atoms with E-state index < -0.39 is 0 Å². The van der Waals surface area contributed by atoms with Crippen molar-refractivity contribution in [3.8, 4) is 0 Å². The van der Waals surface area contributed by atoms with Gasteiger partial charge >= 0.3 is 11.9 Å². The van der Waals surface area contributed by atoms with Gasteiger partial charge in [0.25, 0.3) is 0 Å². The highest BCUT2D eigenvalue weighted by Gasteiger charge is 2.36. The Morgan fingerprint density at radius 3 is 1.41 bits per heavy atom. The van der Waals surface area contributed by atoms with Gasteiger partial charge in [-0.05, 0) is 64.2 Å². The van der Waals surface area contributed by atoms with Gasteiger partial charge in [-0.3, -0.25) is 0 Å². The molecule has 0 bridgehead atoms. The van der Waals surface area contributed by atoms with E-state index in [9.17, 15) is 9.59 Å². The van der Waals surface area contributed by atoms with Gasteiger partial charge in [-0.2, -0.15) is 0 Å². The second kappa shape index (κ2) is 9.54. The zero-order valence-corrected chi connectivity index (χ0v) is 17.2. The van der Waals surface area contributed by atoms with Crippen molar-refractivity contribution in [2.24, 2.45) is 11.8 Å². The van der Waals surface area contributed by atoms with Gasteiger partial charge in [0.2, 0.25) is 0 Å². The first-order chi connectivity index (χ1) is 12.7. The van der Waals surface area contributed by atoms with Gasteiger partial charge in [0.1, 0.15) is 12.2 Å². The van der Waals surface area contributed by atoms with Crippen molar-refractivity contribution < 1.29 is 23.8 Å². The molecular weight excluding hydrogens is 344 g/mol. The van der Waals surface area contributed by atoms with Gasteiger partial charge in [0.15, 0.2) is 0 Å². The Morgan fingerprint density at radius 2 is 1.11 bits per heavy atom. The smallest absolute Gasteiger partial charge is 0.333 e. The quantitative estimate of drug-likeness (QED) is 0.508. The Kier molecular flexibility index (Phi) is 7.66. The molecule has 0 spiro atoms. The number of hydrogen-bond acceptors (Lipinski definition) is 5. The van der Waals surface area contributed by atoms with E-state index in [1.807, 2.05) is 0 Å². The first-order valence-corrected chi connectivity index (χ1v) is 10.1. The van der Waals surface area contributed by atoms with Crippen LogP contribution in [0.3, 0.4) is 0 Å². The lowest BCUT2D eigenvalue weighted by atomic mass is 9.83. The maximum Gasteiger partial charge on any atom is 0.333 e. The molecule has 5 heteroatoms. The van der Waals surface area contributed by atoms with Gasteiger partial charge in [0.05, 0.1) is 12.2 Å². The second-order valence-electron chi connectivity index (χ2n) is 8.41. The highest BCUT2D eigenvalue weighted by atomic mass is 16.5. The van der Waals surface area contributed by atoms with Crippen LogP contribution in [0.2, 0.25) is 0 Å². The molecule has 0 heterocycles. The molecule has 0 radical (unpaired) electrons. The van der Waals surface area contributed by atoms with Crippen LogP contribution in [0.15, 0.2) is 24.3 Å². The monoisotopic (exact) mass is 378 g/mol. The number of esters is 2. The standard InChI is InChI=1S/C22H34O5/c1-13(2)21(23)25-17-7-9-19(15(5)11-17)27-20-10-8-18(12-16(20)6)26-22(24)14(3)4/h15-20H,1,3,7-12H2,2,4-6H3.